The van der Waals surface area contributed by atoms with Crippen molar-refractivity contribution in [1.29, 1.82) is 0 Å². The summed E-state index contributed by atoms with van der Waals surface area (Å²) in [4.78, 5) is 23.6. The Balaban J connectivity index is 2.18. The molecule has 1 aromatic heterocycles. The zero-order valence-corrected chi connectivity index (χ0v) is 12.9. The zero-order chi connectivity index (χ0) is 17.0. The molecule has 122 valence electrons. The average molecular weight is 319 g/mol. The summed E-state index contributed by atoms with van der Waals surface area (Å²) in [5.74, 6) is -1.65. The van der Waals surface area contributed by atoms with Gasteiger partial charge >= 0.3 is 5.97 Å². The molecule has 1 unspecified atom stereocenters. The highest BCUT2D eigenvalue weighted by atomic mass is 19.1. The number of hydrogen-bond donors (Lipinski definition) is 2. The van der Waals surface area contributed by atoms with Gasteiger partial charge in [-0.3, -0.25) is 4.79 Å². The van der Waals surface area contributed by atoms with Gasteiger partial charge in [-0.1, -0.05) is 13.3 Å². The van der Waals surface area contributed by atoms with Gasteiger partial charge in [0.2, 0.25) is 0 Å². The standard InChI is InChI=1S/C17H18FNO4/c1-3-10-17(2,16(21)22)19-15(20)14-9-8-13(23-14)11-4-6-12(18)7-5-11/h4-9H,3,10H2,1-2H3,(H,19,20)(H,21,22). The van der Waals surface area contributed by atoms with Crippen LogP contribution in [-0.4, -0.2) is 22.5 Å². The van der Waals surface area contributed by atoms with Crippen LogP contribution in [0.1, 0.15) is 37.2 Å². The number of carboxylic acids is 1. The van der Waals surface area contributed by atoms with Crippen LogP contribution in [0.2, 0.25) is 0 Å². The van der Waals surface area contributed by atoms with Gasteiger partial charge in [-0.25, -0.2) is 9.18 Å². The fraction of sp³-hybridized carbons (Fsp3) is 0.294. The van der Waals surface area contributed by atoms with E-state index in [9.17, 15) is 19.1 Å². The summed E-state index contributed by atoms with van der Waals surface area (Å²) in [6.07, 6.45) is 0.918. The van der Waals surface area contributed by atoms with Crippen molar-refractivity contribution in [2.45, 2.75) is 32.2 Å². The number of amides is 1. The summed E-state index contributed by atoms with van der Waals surface area (Å²) in [6, 6.07) is 8.70. The molecule has 1 aromatic carbocycles. The Bertz CT molecular complexity index is 708. The molecule has 2 N–H and O–H groups in total. The van der Waals surface area contributed by atoms with E-state index >= 15 is 0 Å². The highest BCUT2D eigenvalue weighted by Gasteiger charge is 2.34. The van der Waals surface area contributed by atoms with Crippen molar-refractivity contribution in [2.24, 2.45) is 0 Å². The van der Waals surface area contributed by atoms with Crippen molar-refractivity contribution < 1.29 is 23.5 Å². The molecule has 0 aliphatic heterocycles. The molecule has 5 nitrogen and oxygen atoms in total. The second-order valence-corrected chi connectivity index (χ2v) is 5.51. The fourth-order valence-electron chi connectivity index (χ4n) is 2.26. The number of hydrogen-bond acceptors (Lipinski definition) is 3. The van der Waals surface area contributed by atoms with E-state index in [-0.39, 0.29) is 11.6 Å². The Hall–Kier alpha value is -2.63. The summed E-state index contributed by atoms with van der Waals surface area (Å²) in [6.45, 7) is 3.30. The summed E-state index contributed by atoms with van der Waals surface area (Å²) < 4.78 is 18.4. The SMILES string of the molecule is CCCC(C)(NC(=O)c1ccc(-c2ccc(F)cc2)o1)C(=O)O. The van der Waals surface area contributed by atoms with Gasteiger partial charge in [-0.05, 0) is 49.7 Å². The van der Waals surface area contributed by atoms with E-state index in [1.807, 2.05) is 6.92 Å². The Labute approximate surface area is 133 Å². The minimum Gasteiger partial charge on any atom is -0.480 e. The van der Waals surface area contributed by atoms with Crippen LogP contribution in [0.5, 0.6) is 0 Å². The Morgan fingerprint density at radius 2 is 1.87 bits per heavy atom. The van der Waals surface area contributed by atoms with Gasteiger partial charge < -0.3 is 14.8 Å². The molecule has 0 saturated carbocycles. The number of carbonyl (C=O) groups excluding carboxylic acids is 1. The summed E-state index contributed by atoms with van der Waals surface area (Å²) in [5, 5.41) is 11.8. The molecule has 2 aromatic rings. The Kier molecular flexibility index (Phi) is 4.83. The molecule has 0 fully saturated rings. The smallest absolute Gasteiger partial charge is 0.329 e. The third-order valence-electron chi connectivity index (χ3n) is 3.57. The van der Waals surface area contributed by atoms with Crippen molar-refractivity contribution in [3.63, 3.8) is 0 Å². The highest BCUT2D eigenvalue weighted by molar-refractivity contribution is 5.96. The topological polar surface area (TPSA) is 79.5 Å². The van der Waals surface area contributed by atoms with E-state index < -0.39 is 17.4 Å². The second kappa shape index (κ2) is 6.64. The third kappa shape index (κ3) is 3.77. The molecular weight excluding hydrogens is 301 g/mol. The first-order valence-corrected chi connectivity index (χ1v) is 7.27. The number of halogens is 1. The van der Waals surface area contributed by atoms with Gasteiger partial charge in [0.15, 0.2) is 5.76 Å². The zero-order valence-electron chi connectivity index (χ0n) is 12.9. The molecule has 0 radical (unpaired) electrons. The molecule has 1 amide bonds. The van der Waals surface area contributed by atoms with Crippen LogP contribution >= 0.6 is 0 Å². The lowest BCUT2D eigenvalue weighted by molar-refractivity contribution is -0.144. The van der Waals surface area contributed by atoms with Gasteiger partial charge in [-0.2, -0.15) is 0 Å². The lowest BCUT2D eigenvalue weighted by atomic mass is 9.96. The monoisotopic (exact) mass is 319 g/mol. The lowest BCUT2D eigenvalue weighted by Gasteiger charge is -2.25. The van der Waals surface area contributed by atoms with E-state index in [1.165, 1.54) is 37.3 Å². The van der Waals surface area contributed by atoms with Crippen LogP contribution in [0.4, 0.5) is 4.39 Å². The normalized spacial score (nSPS) is 13.3. The predicted octanol–water partition coefficient (Wildman–Crippen LogP) is 3.46. The van der Waals surface area contributed by atoms with Crippen molar-refractivity contribution in [3.8, 4) is 11.3 Å². The van der Waals surface area contributed by atoms with E-state index in [0.717, 1.165) is 0 Å². The maximum atomic E-state index is 12.9. The first kappa shape index (κ1) is 16.7. The minimum atomic E-state index is -1.35. The van der Waals surface area contributed by atoms with Crippen LogP contribution in [0, 0.1) is 5.82 Å². The Morgan fingerprint density at radius 3 is 2.43 bits per heavy atom. The molecule has 1 atom stereocenters. The number of nitrogens with one attached hydrogen (secondary N) is 1. The number of carbonyl (C=O) groups is 2. The van der Waals surface area contributed by atoms with Crippen LogP contribution in [0.3, 0.4) is 0 Å². The van der Waals surface area contributed by atoms with E-state index in [1.54, 1.807) is 6.07 Å². The van der Waals surface area contributed by atoms with Crippen LogP contribution in [0.15, 0.2) is 40.8 Å². The molecule has 2 rings (SSSR count). The number of benzene rings is 1. The van der Waals surface area contributed by atoms with Gasteiger partial charge in [0.1, 0.15) is 17.1 Å². The van der Waals surface area contributed by atoms with Crippen molar-refractivity contribution in [2.75, 3.05) is 0 Å². The number of aliphatic carboxylic acids is 1. The minimum absolute atomic E-state index is 0.00732. The van der Waals surface area contributed by atoms with Gasteiger partial charge in [0.25, 0.3) is 5.91 Å². The molecule has 0 aliphatic rings. The van der Waals surface area contributed by atoms with Crippen LogP contribution in [0.25, 0.3) is 11.3 Å². The van der Waals surface area contributed by atoms with Crippen molar-refractivity contribution >= 4 is 11.9 Å². The molecule has 1 heterocycles. The number of furan rings is 1. The molecule has 0 bridgehead atoms. The summed E-state index contributed by atoms with van der Waals surface area (Å²) >= 11 is 0. The fourth-order valence-corrected chi connectivity index (χ4v) is 2.26. The maximum absolute atomic E-state index is 12.9. The van der Waals surface area contributed by atoms with Crippen molar-refractivity contribution in [3.05, 3.63) is 48.0 Å². The van der Waals surface area contributed by atoms with Gasteiger partial charge in [0.05, 0.1) is 0 Å². The largest absolute Gasteiger partial charge is 0.480 e. The van der Waals surface area contributed by atoms with Gasteiger partial charge in [-0.15, -0.1) is 0 Å². The quantitative estimate of drug-likeness (QED) is 0.854. The molecule has 0 saturated heterocycles. The van der Waals surface area contributed by atoms with Crippen LogP contribution in [-0.2, 0) is 4.79 Å². The maximum Gasteiger partial charge on any atom is 0.329 e. The van der Waals surface area contributed by atoms with Crippen molar-refractivity contribution in [1.82, 2.24) is 5.32 Å². The second-order valence-electron chi connectivity index (χ2n) is 5.51. The predicted molar refractivity (Wildman–Crippen MR) is 82.5 cm³/mol. The summed E-state index contributed by atoms with van der Waals surface area (Å²) in [5.41, 5.74) is -0.728. The lowest BCUT2D eigenvalue weighted by Crippen LogP contribution is -2.52. The molecule has 0 spiro atoms. The first-order chi connectivity index (χ1) is 10.9. The number of carboxylic acid groups (broad SMARTS) is 1. The van der Waals surface area contributed by atoms with Crippen LogP contribution < -0.4 is 5.32 Å². The number of rotatable bonds is 6. The molecular formula is C17H18FNO4. The highest BCUT2D eigenvalue weighted by Crippen LogP contribution is 2.23. The molecule has 23 heavy (non-hydrogen) atoms. The summed E-state index contributed by atoms with van der Waals surface area (Å²) in [7, 11) is 0. The van der Waals surface area contributed by atoms with E-state index in [2.05, 4.69) is 5.32 Å². The average Bonchev–Trinajstić information content (AvgIpc) is 2.98. The molecule has 6 heteroatoms. The Morgan fingerprint density at radius 1 is 1.22 bits per heavy atom. The third-order valence-corrected chi connectivity index (χ3v) is 3.57. The van der Waals surface area contributed by atoms with E-state index in [4.69, 9.17) is 4.42 Å². The van der Waals surface area contributed by atoms with E-state index in [0.29, 0.717) is 24.2 Å². The first-order valence-electron chi connectivity index (χ1n) is 7.27. The van der Waals surface area contributed by atoms with Gasteiger partial charge in [0, 0.05) is 5.56 Å². The molecule has 0 aliphatic carbocycles.